The molecule has 0 bridgehead atoms. The van der Waals surface area contributed by atoms with Crippen LogP contribution in [0.3, 0.4) is 0 Å². The van der Waals surface area contributed by atoms with E-state index in [-0.39, 0.29) is 53.2 Å². The van der Waals surface area contributed by atoms with Gasteiger partial charge in [-0.3, -0.25) is 14.4 Å². The Bertz CT molecular complexity index is 780. The highest BCUT2D eigenvalue weighted by Crippen LogP contribution is 2.26. The lowest BCUT2D eigenvalue weighted by atomic mass is 9.83. The zero-order valence-electron chi connectivity index (χ0n) is 20.0. The highest BCUT2D eigenvalue weighted by molar-refractivity contribution is 7.99. The molecule has 1 aromatic rings. The molecule has 3 atom stereocenters. The van der Waals surface area contributed by atoms with Crippen molar-refractivity contribution in [3.05, 3.63) is 5.89 Å². The summed E-state index contributed by atoms with van der Waals surface area (Å²) in [7, 11) is 3.66. The summed E-state index contributed by atoms with van der Waals surface area (Å²) in [6.07, 6.45) is 3.77. The average Bonchev–Trinajstić information content (AvgIpc) is 3.13. The van der Waals surface area contributed by atoms with Crippen LogP contribution in [0.25, 0.3) is 0 Å². The van der Waals surface area contributed by atoms with Crippen molar-refractivity contribution < 1.29 is 18.8 Å². The normalized spacial score (nSPS) is 19.9. The van der Waals surface area contributed by atoms with Crippen molar-refractivity contribution in [2.45, 2.75) is 82.4 Å². The van der Waals surface area contributed by atoms with E-state index in [4.69, 9.17) is 4.42 Å². The van der Waals surface area contributed by atoms with Gasteiger partial charge in [-0.15, -0.1) is 10.2 Å². The van der Waals surface area contributed by atoms with Gasteiger partial charge in [-0.05, 0) is 39.3 Å². The van der Waals surface area contributed by atoms with Crippen LogP contribution in [0.1, 0.15) is 70.5 Å². The van der Waals surface area contributed by atoms with E-state index in [1.807, 2.05) is 41.8 Å². The van der Waals surface area contributed by atoms with E-state index in [0.29, 0.717) is 18.1 Å². The monoisotopic (exact) mass is 467 g/mol. The van der Waals surface area contributed by atoms with Gasteiger partial charge in [0.25, 0.3) is 11.1 Å². The predicted molar refractivity (Wildman–Crippen MR) is 123 cm³/mol. The number of hydrogen-bond acceptors (Lipinski definition) is 8. The average molecular weight is 468 g/mol. The molecule has 0 saturated heterocycles. The molecule has 32 heavy (non-hydrogen) atoms. The summed E-state index contributed by atoms with van der Waals surface area (Å²) in [5.41, 5.74) is 0. The number of aromatic nitrogens is 2. The van der Waals surface area contributed by atoms with E-state index >= 15 is 0 Å². The molecule has 2 N–H and O–H groups in total. The van der Waals surface area contributed by atoms with Crippen LogP contribution in [0.5, 0.6) is 0 Å². The van der Waals surface area contributed by atoms with Gasteiger partial charge in [0.15, 0.2) is 0 Å². The second kappa shape index (κ2) is 12.3. The molecule has 1 unspecified atom stereocenters. The Balaban J connectivity index is 2.10. The van der Waals surface area contributed by atoms with E-state index in [9.17, 15) is 14.4 Å². The van der Waals surface area contributed by atoms with E-state index in [1.165, 1.54) is 11.8 Å². The number of carbonyl (C=O) groups excluding carboxylic acids is 3. The molecule has 10 heteroatoms. The molecule has 1 fully saturated rings. The number of rotatable bonds is 11. The first kappa shape index (κ1) is 26.3. The minimum atomic E-state index is -0.750. The summed E-state index contributed by atoms with van der Waals surface area (Å²) in [5.74, 6) is -0.964. The maximum Gasteiger partial charge on any atom is 0.286 e. The lowest BCUT2D eigenvalue weighted by molar-refractivity contribution is -0.129. The van der Waals surface area contributed by atoms with Crippen LogP contribution in [0.4, 0.5) is 0 Å². The molecule has 0 aliphatic heterocycles. The fraction of sp³-hybridized carbons (Fsp3) is 0.773. The summed E-state index contributed by atoms with van der Waals surface area (Å²) < 4.78 is 5.53. The van der Waals surface area contributed by atoms with Crippen LogP contribution in [0.2, 0.25) is 0 Å². The molecule has 9 nitrogen and oxygen atoms in total. The van der Waals surface area contributed by atoms with E-state index in [1.54, 1.807) is 4.90 Å². The van der Waals surface area contributed by atoms with Gasteiger partial charge in [-0.2, -0.15) is 0 Å². The molecule has 1 aliphatic rings. The number of thioether (sulfide) groups is 1. The van der Waals surface area contributed by atoms with Crippen LogP contribution < -0.4 is 10.6 Å². The fourth-order valence-corrected chi connectivity index (χ4v) is 4.46. The predicted octanol–water partition coefficient (Wildman–Crippen LogP) is 2.52. The van der Waals surface area contributed by atoms with Gasteiger partial charge in [-0.1, -0.05) is 52.3 Å². The molecule has 2 amide bonds. The molecule has 2 rings (SSSR count). The molecule has 1 saturated carbocycles. The van der Waals surface area contributed by atoms with Crippen molar-refractivity contribution in [1.29, 1.82) is 0 Å². The van der Waals surface area contributed by atoms with Crippen molar-refractivity contribution in [3.8, 4) is 0 Å². The molecule has 1 aromatic heterocycles. The number of nitrogens with one attached hydrogen (secondary N) is 2. The molecule has 0 aromatic carbocycles. The standard InChI is InChI=1S/C22H37N5O4S/c1-13(2)11-17(19(29)21-25-26-22(31-21)32-14(3)4)24-20(30)15-9-7-8-10-16(15)23-18(28)12-27(5)6/h13-17H,7-12H2,1-6H3,(H,23,28)(H,24,30)/t15-,16+,17?/m1/s1. The lowest BCUT2D eigenvalue weighted by Crippen LogP contribution is -2.52. The molecular formula is C22H37N5O4S. The molecule has 1 heterocycles. The third-order valence-corrected chi connectivity index (χ3v) is 6.04. The van der Waals surface area contributed by atoms with Crippen LogP contribution in [0.15, 0.2) is 9.64 Å². The SMILES string of the molecule is CC(C)CC(NC(=O)[C@@H]1CCCC[C@@H]1NC(=O)CN(C)C)C(=O)c1nnc(SC(C)C)o1. The maximum absolute atomic E-state index is 13.2. The summed E-state index contributed by atoms with van der Waals surface area (Å²) >= 11 is 1.39. The van der Waals surface area contributed by atoms with Gasteiger partial charge in [0, 0.05) is 11.3 Å². The summed E-state index contributed by atoms with van der Waals surface area (Å²) in [6.45, 7) is 8.25. The minimum absolute atomic E-state index is 0.0846. The molecule has 0 radical (unpaired) electrons. The number of carbonyl (C=O) groups is 3. The number of amides is 2. The van der Waals surface area contributed by atoms with Gasteiger partial charge < -0.3 is 20.0 Å². The number of nitrogens with zero attached hydrogens (tertiary/aromatic N) is 3. The lowest BCUT2D eigenvalue weighted by Gasteiger charge is -2.32. The Labute approximate surface area is 194 Å². The first-order chi connectivity index (χ1) is 15.1. The van der Waals surface area contributed by atoms with Gasteiger partial charge in [0.2, 0.25) is 17.6 Å². The van der Waals surface area contributed by atoms with Crippen LogP contribution >= 0.6 is 11.8 Å². The minimum Gasteiger partial charge on any atom is -0.408 e. The van der Waals surface area contributed by atoms with E-state index < -0.39 is 6.04 Å². The van der Waals surface area contributed by atoms with Gasteiger partial charge >= 0.3 is 0 Å². The zero-order chi connectivity index (χ0) is 23.8. The quantitative estimate of drug-likeness (QED) is 0.377. The van der Waals surface area contributed by atoms with Gasteiger partial charge in [0.05, 0.1) is 18.5 Å². The number of hydrogen-bond donors (Lipinski definition) is 2. The Hall–Kier alpha value is -1.94. The molecule has 0 spiro atoms. The Morgan fingerprint density at radius 3 is 2.44 bits per heavy atom. The first-order valence-corrected chi connectivity index (χ1v) is 12.2. The van der Waals surface area contributed by atoms with Crippen LogP contribution in [-0.2, 0) is 9.59 Å². The first-order valence-electron chi connectivity index (χ1n) is 11.4. The highest BCUT2D eigenvalue weighted by Gasteiger charge is 2.35. The van der Waals surface area contributed by atoms with Crippen LogP contribution in [0, 0.1) is 11.8 Å². The summed E-state index contributed by atoms with van der Waals surface area (Å²) in [5, 5.41) is 14.4. The van der Waals surface area contributed by atoms with Crippen molar-refractivity contribution in [3.63, 3.8) is 0 Å². The van der Waals surface area contributed by atoms with Crippen molar-refractivity contribution in [2.24, 2.45) is 11.8 Å². The number of Topliss-reactive ketones (excluding diaryl/α,β-unsaturated/α-hetero) is 1. The van der Waals surface area contributed by atoms with Gasteiger partial charge in [0.1, 0.15) is 0 Å². The molecular weight excluding hydrogens is 430 g/mol. The second-order valence-electron chi connectivity index (χ2n) is 9.40. The van der Waals surface area contributed by atoms with Crippen molar-refractivity contribution in [1.82, 2.24) is 25.7 Å². The summed E-state index contributed by atoms with van der Waals surface area (Å²) in [6, 6.07) is -0.983. The molecule has 180 valence electrons. The largest absolute Gasteiger partial charge is 0.408 e. The Morgan fingerprint density at radius 1 is 1.12 bits per heavy atom. The number of likely N-dealkylation sites (N-methyl/N-ethyl adjacent to an activating group) is 1. The second-order valence-corrected chi connectivity index (χ2v) is 10.9. The van der Waals surface area contributed by atoms with Crippen molar-refractivity contribution in [2.75, 3.05) is 20.6 Å². The third kappa shape index (κ3) is 8.20. The highest BCUT2D eigenvalue weighted by atomic mass is 32.2. The van der Waals surface area contributed by atoms with E-state index in [2.05, 4.69) is 20.8 Å². The Kier molecular flexibility index (Phi) is 10.1. The summed E-state index contributed by atoms with van der Waals surface area (Å²) in [4.78, 5) is 40.3. The fourth-order valence-electron chi connectivity index (χ4n) is 3.85. The van der Waals surface area contributed by atoms with E-state index in [0.717, 1.165) is 19.3 Å². The third-order valence-electron chi connectivity index (χ3n) is 5.20. The van der Waals surface area contributed by atoms with Crippen molar-refractivity contribution >= 4 is 29.4 Å². The Morgan fingerprint density at radius 2 is 1.81 bits per heavy atom. The maximum atomic E-state index is 13.2. The topological polar surface area (TPSA) is 117 Å². The molecule has 1 aliphatic carbocycles. The van der Waals surface area contributed by atoms with Crippen LogP contribution in [-0.4, -0.2) is 70.7 Å². The smallest absolute Gasteiger partial charge is 0.286 e. The number of ketones is 1. The van der Waals surface area contributed by atoms with Gasteiger partial charge in [-0.25, -0.2) is 0 Å². The zero-order valence-corrected chi connectivity index (χ0v) is 20.8.